The highest BCUT2D eigenvalue weighted by molar-refractivity contribution is 5.74. The minimum Gasteiger partial charge on any atom is -0.481 e. The van der Waals surface area contributed by atoms with Crippen LogP contribution in [0.5, 0.6) is 0 Å². The van der Waals surface area contributed by atoms with Gasteiger partial charge in [-0.2, -0.15) is 0 Å². The van der Waals surface area contributed by atoms with Crippen LogP contribution in [0, 0.1) is 5.41 Å². The highest BCUT2D eigenvalue weighted by atomic mass is 16.5. The molecule has 1 aromatic heterocycles. The summed E-state index contributed by atoms with van der Waals surface area (Å²) in [6.07, 6.45) is 12.9. The topological polar surface area (TPSA) is 71.5 Å². The van der Waals surface area contributed by atoms with Gasteiger partial charge in [-0.1, -0.05) is 75.7 Å². The zero-order chi connectivity index (χ0) is 29.3. The number of benzene rings is 2. The molecule has 0 aliphatic carbocycles. The fourth-order valence-electron chi connectivity index (χ4n) is 5.03. The summed E-state index contributed by atoms with van der Waals surface area (Å²) in [5.41, 5.74) is 6.05. The summed E-state index contributed by atoms with van der Waals surface area (Å²) in [4.78, 5) is 16.5. The van der Waals surface area contributed by atoms with E-state index in [0.29, 0.717) is 32.4 Å². The Morgan fingerprint density at radius 3 is 2.29 bits per heavy atom. The third kappa shape index (κ3) is 10.8. The molecule has 0 saturated heterocycles. The number of nitrogens with zero attached hydrogens (tertiary/aromatic N) is 1. The van der Waals surface area contributed by atoms with Crippen molar-refractivity contribution in [2.24, 2.45) is 5.41 Å². The lowest BCUT2D eigenvalue weighted by molar-refractivity contribution is -0.149. The van der Waals surface area contributed by atoms with Crippen LogP contribution in [0.15, 0.2) is 66.7 Å². The highest BCUT2D eigenvalue weighted by Gasteiger charge is 2.34. The number of carboxylic acids is 1. The summed E-state index contributed by atoms with van der Waals surface area (Å²) in [6.45, 7) is 8.01. The summed E-state index contributed by atoms with van der Waals surface area (Å²) in [5.74, 6) is -0.708. The molecule has 0 amide bonds. The van der Waals surface area contributed by atoms with Crippen molar-refractivity contribution >= 4 is 23.8 Å². The second kappa shape index (κ2) is 17.4. The molecule has 3 rings (SSSR count). The zero-order valence-corrected chi connectivity index (χ0v) is 25.2. The van der Waals surface area contributed by atoms with Crippen molar-refractivity contribution in [3.8, 4) is 0 Å². The van der Waals surface area contributed by atoms with Crippen LogP contribution < -0.4 is 5.32 Å². The molecule has 5 heteroatoms. The van der Waals surface area contributed by atoms with Gasteiger partial charge in [-0.15, -0.1) is 0 Å². The molecule has 0 aliphatic heterocycles. The molecule has 0 fully saturated rings. The fourth-order valence-corrected chi connectivity index (χ4v) is 5.03. The maximum atomic E-state index is 11.8. The standard InChI is InChI=1S/C36H48N2O3/c1-4-7-12-29-18-20-30(21-19-29)13-8-9-26-41-28-34-17-11-15-32(38-34)23-22-31-14-10-16-33(27-31)37-25-24-36(5-2,6-3)35(39)40/h10-11,14-23,27,37H,4-9,12-13,24-26,28H2,1-3H3,(H,39,40). The number of ether oxygens (including phenoxy) is 1. The van der Waals surface area contributed by atoms with E-state index >= 15 is 0 Å². The van der Waals surface area contributed by atoms with Gasteiger partial charge in [0.25, 0.3) is 0 Å². The van der Waals surface area contributed by atoms with E-state index in [-0.39, 0.29) is 0 Å². The van der Waals surface area contributed by atoms with Gasteiger partial charge in [0.05, 0.1) is 23.4 Å². The number of carbonyl (C=O) groups is 1. The third-order valence-corrected chi connectivity index (χ3v) is 8.00. The van der Waals surface area contributed by atoms with Gasteiger partial charge in [-0.25, -0.2) is 0 Å². The maximum Gasteiger partial charge on any atom is 0.309 e. The first-order valence-corrected chi connectivity index (χ1v) is 15.3. The fraction of sp³-hybridized carbons (Fsp3) is 0.444. The van der Waals surface area contributed by atoms with Crippen molar-refractivity contribution in [1.29, 1.82) is 0 Å². The number of aromatic nitrogens is 1. The Morgan fingerprint density at radius 1 is 0.902 bits per heavy atom. The number of anilines is 1. The van der Waals surface area contributed by atoms with E-state index in [1.54, 1.807) is 0 Å². The summed E-state index contributed by atoms with van der Waals surface area (Å²) in [7, 11) is 0. The molecular formula is C36H48N2O3. The normalized spacial score (nSPS) is 11.7. The zero-order valence-electron chi connectivity index (χ0n) is 25.2. The number of hydrogen-bond acceptors (Lipinski definition) is 4. The number of unbranched alkanes of at least 4 members (excludes halogenated alkanes) is 2. The minimum absolute atomic E-state index is 0.514. The molecule has 3 aromatic rings. The lowest BCUT2D eigenvalue weighted by atomic mass is 9.79. The number of carboxylic acid groups (broad SMARTS) is 1. The van der Waals surface area contributed by atoms with E-state index in [9.17, 15) is 9.90 Å². The lowest BCUT2D eigenvalue weighted by Gasteiger charge is -2.26. The molecule has 0 atom stereocenters. The van der Waals surface area contributed by atoms with Crippen molar-refractivity contribution in [2.45, 2.75) is 85.2 Å². The summed E-state index contributed by atoms with van der Waals surface area (Å²) < 4.78 is 5.92. The first-order chi connectivity index (χ1) is 20.0. The van der Waals surface area contributed by atoms with E-state index in [2.05, 4.69) is 48.6 Å². The van der Waals surface area contributed by atoms with Gasteiger partial charge >= 0.3 is 5.97 Å². The lowest BCUT2D eigenvalue weighted by Crippen LogP contribution is -2.31. The molecule has 41 heavy (non-hydrogen) atoms. The van der Waals surface area contributed by atoms with Gasteiger partial charge in [-0.3, -0.25) is 9.78 Å². The SMILES string of the molecule is CCCCc1ccc(CCCCOCc2cccc(C=Cc3cccc(NCCC(CC)(CC)C(=O)O)c3)n2)cc1. The average molecular weight is 557 g/mol. The number of nitrogens with one attached hydrogen (secondary N) is 1. The van der Waals surface area contributed by atoms with Gasteiger partial charge in [0.1, 0.15) is 0 Å². The molecule has 0 bridgehead atoms. The number of rotatable bonds is 19. The van der Waals surface area contributed by atoms with Crippen LogP contribution in [0.1, 0.15) is 93.8 Å². The molecule has 0 unspecified atom stereocenters. The molecule has 2 aromatic carbocycles. The Balaban J connectivity index is 1.40. The Morgan fingerprint density at radius 2 is 1.61 bits per heavy atom. The molecule has 0 aliphatic rings. The van der Waals surface area contributed by atoms with Crippen molar-refractivity contribution in [3.63, 3.8) is 0 Å². The van der Waals surface area contributed by atoms with Crippen molar-refractivity contribution in [3.05, 3.63) is 94.8 Å². The van der Waals surface area contributed by atoms with Crippen LogP contribution in [-0.4, -0.2) is 29.2 Å². The van der Waals surface area contributed by atoms with Gasteiger partial charge < -0.3 is 15.2 Å². The molecule has 1 heterocycles. The predicted molar refractivity (Wildman–Crippen MR) is 171 cm³/mol. The Labute approximate surface area is 247 Å². The predicted octanol–water partition coefficient (Wildman–Crippen LogP) is 8.83. The summed E-state index contributed by atoms with van der Waals surface area (Å²) >= 11 is 0. The van der Waals surface area contributed by atoms with E-state index in [4.69, 9.17) is 9.72 Å². The first kappa shape index (κ1) is 32.1. The quantitative estimate of drug-likeness (QED) is 0.144. The second-order valence-corrected chi connectivity index (χ2v) is 10.9. The summed E-state index contributed by atoms with van der Waals surface area (Å²) in [5, 5.41) is 13.1. The molecule has 2 N–H and O–H groups in total. The Kier molecular flexibility index (Phi) is 13.6. The number of aryl methyl sites for hydroxylation is 2. The first-order valence-electron chi connectivity index (χ1n) is 15.3. The largest absolute Gasteiger partial charge is 0.481 e. The third-order valence-electron chi connectivity index (χ3n) is 8.00. The van der Waals surface area contributed by atoms with Crippen LogP contribution in [0.4, 0.5) is 5.69 Å². The highest BCUT2D eigenvalue weighted by Crippen LogP contribution is 2.31. The minimum atomic E-state index is -0.708. The smallest absolute Gasteiger partial charge is 0.309 e. The van der Waals surface area contributed by atoms with Crippen LogP contribution in [0.25, 0.3) is 12.2 Å². The van der Waals surface area contributed by atoms with Crippen LogP contribution in [0.2, 0.25) is 0 Å². The molecule has 0 saturated carbocycles. The van der Waals surface area contributed by atoms with Gasteiger partial charge in [0, 0.05) is 18.8 Å². The second-order valence-electron chi connectivity index (χ2n) is 10.9. The van der Waals surface area contributed by atoms with Gasteiger partial charge in [-0.05, 0) is 98.4 Å². The van der Waals surface area contributed by atoms with E-state index in [1.165, 1.54) is 30.4 Å². The monoisotopic (exact) mass is 556 g/mol. The van der Waals surface area contributed by atoms with Crippen molar-refractivity contribution in [2.75, 3.05) is 18.5 Å². The van der Waals surface area contributed by atoms with E-state index in [0.717, 1.165) is 48.5 Å². The Bertz CT molecular complexity index is 1220. The van der Waals surface area contributed by atoms with Crippen molar-refractivity contribution < 1.29 is 14.6 Å². The van der Waals surface area contributed by atoms with Gasteiger partial charge in [0.2, 0.25) is 0 Å². The molecule has 220 valence electrons. The Hall–Kier alpha value is -3.44. The molecule has 0 radical (unpaired) electrons. The van der Waals surface area contributed by atoms with Crippen LogP contribution in [0.3, 0.4) is 0 Å². The van der Waals surface area contributed by atoms with Gasteiger partial charge in [0.15, 0.2) is 0 Å². The summed E-state index contributed by atoms with van der Waals surface area (Å²) in [6, 6.07) is 23.3. The van der Waals surface area contributed by atoms with E-state index in [1.807, 2.05) is 56.3 Å². The average Bonchev–Trinajstić information content (AvgIpc) is 3.00. The van der Waals surface area contributed by atoms with E-state index < -0.39 is 11.4 Å². The number of hydrogen-bond donors (Lipinski definition) is 2. The van der Waals surface area contributed by atoms with Crippen LogP contribution >= 0.6 is 0 Å². The molecule has 0 spiro atoms. The van der Waals surface area contributed by atoms with Crippen molar-refractivity contribution in [1.82, 2.24) is 4.98 Å². The number of aliphatic carboxylic acids is 1. The number of pyridine rings is 1. The molecule has 5 nitrogen and oxygen atoms in total. The maximum absolute atomic E-state index is 11.8. The van der Waals surface area contributed by atoms with Crippen LogP contribution in [-0.2, 0) is 29.0 Å². The molecular weight excluding hydrogens is 508 g/mol.